The van der Waals surface area contributed by atoms with Gasteiger partial charge in [0.1, 0.15) is 0 Å². The Morgan fingerprint density at radius 1 is 1.00 bits per heavy atom. The van der Waals surface area contributed by atoms with E-state index in [2.05, 4.69) is 4.98 Å². The molecule has 2 aromatic carbocycles. The summed E-state index contributed by atoms with van der Waals surface area (Å²) in [5, 5.41) is 10.8. The molecular formula is C20H20N4O4. The predicted molar refractivity (Wildman–Crippen MR) is 106 cm³/mol. The Morgan fingerprint density at radius 3 is 2.39 bits per heavy atom. The van der Waals surface area contributed by atoms with E-state index in [0.29, 0.717) is 11.2 Å². The first-order valence-corrected chi connectivity index (χ1v) is 8.56. The van der Waals surface area contributed by atoms with Gasteiger partial charge >= 0.3 is 11.7 Å². The van der Waals surface area contributed by atoms with Crippen molar-refractivity contribution in [2.75, 3.05) is 0 Å². The molecule has 0 bridgehead atoms. The fraction of sp³-hybridized carbons (Fsp3) is 0.200. The second-order valence-corrected chi connectivity index (χ2v) is 6.44. The van der Waals surface area contributed by atoms with Crippen molar-refractivity contribution in [1.29, 1.82) is 0 Å². The Balaban J connectivity index is 0.000000161. The quantitative estimate of drug-likeness (QED) is 0.567. The lowest BCUT2D eigenvalue weighted by atomic mass is 10.0. The van der Waals surface area contributed by atoms with Crippen molar-refractivity contribution in [3.8, 4) is 0 Å². The van der Waals surface area contributed by atoms with E-state index in [1.165, 1.54) is 17.9 Å². The number of benzene rings is 2. The third-order valence-electron chi connectivity index (χ3n) is 4.54. The average molecular weight is 380 g/mol. The average Bonchev–Trinajstić information content (AvgIpc) is 3.07. The number of carbonyl (C=O) groups is 1. The van der Waals surface area contributed by atoms with Crippen molar-refractivity contribution in [2.24, 2.45) is 21.1 Å². The number of fused-ring (bicyclic) bond motifs is 2. The lowest BCUT2D eigenvalue weighted by molar-refractivity contribution is -0.136. The van der Waals surface area contributed by atoms with Crippen molar-refractivity contribution in [3.63, 3.8) is 0 Å². The minimum atomic E-state index is -0.790. The molecule has 0 saturated heterocycles. The third-order valence-corrected chi connectivity index (χ3v) is 4.54. The lowest BCUT2D eigenvalue weighted by Crippen LogP contribution is -2.37. The summed E-state index contributed by atoms with van der Waals surface area (Å²) < 4.78 is 4.04. The Hall–Kier alpha value is -3.68. The van der Waals surface area contributed by atoms with Crippen LogP contribution in [-0.2, 0) is 32.4 Å². The molecule has 0 aliphatic carbocycles. The van der Waals surface area contributed by atoms with Crippen LogP contribution in [0.3, 0.4) is 0 Å². The molecule has 0 amide bonds. The summed E-state index contributed by atoms with van der Waals surface area (Å²) in [7, 11) is 4.77. The van der Waals surface area contributed by atoms with Gasteiger partial charge in [-0.1, -0.05) is 42.5 Å². The predicted octanol–water partition coefficient (Wildman–Crippen LogP) is 1.44. The number of aromatic nitrogens is 4. The normalized spacial score (nSPS) is 10.7. The van der Waals surface area contributed by atoms with Crippen molar-refractivity contribution < 1.29 is 9.90 Å². The Kier molecular flexibility index (Phi) is 5.12. The molecule has 0 aliphatic heterocycles. The molecule has 0 atom stereocenters. The number of nitrogens with zero attached hydrogens (tertiary/aromatic N) is 4. The Bertz CT molecular complexity index is 1290. The largest absolute Gasteiger partial charge is 0.481 e. The van der Waals surface area contributed by atoms with Crippen molar-refractivity contribution in [2.45, 2.75) is 6.42 Å². The number of imidazole rings is 1. The van der Waals surface area contributed by atoms with E-state index in [1.54, 1.807) is 18.7 Å². The summed E-state index contributed by atoms with van der Waals surface area (Å²) in [5.41, 5.74) is 1.05. The standard InChI is InChI=1S/C12H10O2.C8H10N4O2/c13-12(14)8-10-6-3-5-9-4-1-2-7-11(9)10;1-10-4-9-6-5(10)7(13)12(3)8(14)11(6)2/h1-7H,8H2,(H,13,14);4H,1-3H3. The lowest BCUT2D eigenvalue weighted by Gasteiger charge is -2.02. The topological polar surface area (TPSA) is 99.1 Å². The van der Waals surface area contributed by atoms with Gasteiger partial charge in [-0.05, 0) is 16.3 Å². The fourth-order valence-electron chi connectivity index (χ4n) is 3.08. The first-order valence-electron chi connectivity index (χ1n) is 8.56. The Labute approximate surface area is 159 Å². The Morgan fingerprint density at radius 2 is 1.68 bits per heavy atom. The van der Waals surface area contributed by atoms with E-state index in [9.17, 15) is 14.4 Å². The van der Waals surface area contributed by atoms with Crippen LogP contribution in [0, 0.1) is 0 Å². The molecular weight excluding hydrogens is 360 g/mol. The van der Waals surface area contributed by atoms with Gasteiger partial charge in [0.25, 0.3) is 5.56 Å². The molecule has 2 heterocycles. The van der Waals surface area contributed by atoms with Crippen LogP contribution < -0.4 is 11.2 Å². The monoisotopic (exact) mass is 380 g/mol. The van der Waals surface area contributed by atoms with Crippen LogP contribution in [0.2, 0.25) is 0 Å². The minimum absolute atomic E-state index is 0.0847. The van der Waals surface area contributed by atoms with Crippen LogP contribution >= 0.6 is 0 Å². The second-order valence-electron chi connectivity index (χ2n) is 6.44. The summed E-state index contributed by atoms with van der Waals surface area (Å²) in [6, 6.07) is 13.5. The van der Waals surface area contributed by atoms with E-state index in [-0.39, 0.29) is 17.7 Å². The van der Waals surface area contributed by atoms with E-state index < -0.39 is 5.97 Å². The first-order chi connectivity index (χ1) is 13.3. The van der Waals surface area contributed by atoms with Crippen LogP contribution in [0.4, 0.5) is 0 Å². The molecule has 2 aromatic heterocycles. The highest BCUT2D eigenvalue weighted by Gasteiger charge is 2.11. The van der Waals surface area contributed by atoms with Crippen LogP contribution in [-0.4, -0.2) is 29.8 Å². The van der Waals surface area contributed by atoms with Crippen molar-refractivity contribution >= 4 is 27.9 Å². The molecule has 144 valence electrons. The maximum Gasteiger partial charge on any atom is 0.332 e. The maximum atomic E-state index is 11.7. The third kappa shape index (κ3) is 3.44. The molecule has 0 saturated carbocycles. The summed E-state index contributed by atoms with van der Waals surface area (Å²) >= 11 is 0. The highest BCUT2D eigenvalue weighted by Crippen LogP contribution is 2.18. The molecule has 8 heteroatoms. The van der Waals surface area contributed by atoms with Gasteiger partial charge in [-0.25, -0.2) is 9.78 Å². The minimum Gasteiger partial charge on any atom is -0.481 e. The molecule has 4 rings (SSSR count). The number of hydrogen-bond acceptors (Lipinski definition) is 4. The van der Waals surface area contributed by atoms with Gasteiger partial charge < -0.3 is 9.67 Å². The summed E-state index contributed by atoms with van der Waals surface area (Å²) in [5.74, 6) is -0.790. The van der Waals surface area contributed by atoms with Crippen molar-refractivity contribution in [3.05, 3.63) is 75.2 Å². The van der Waals surface area contributed by atoms with Gasteiger partial charge in [-0.15, -0.1) is 0 Å². The smallest absolute Gasteiger partial charge is 0.332 e. The number of aryl methyl sites for hydroxylation is 2. The van der Waals surface area contributed by atoms with E-state index >= 15 is 0 Å². The number of carboxylic acid groups (broad SMARTS) is 1. The zero-order chi connectivity index (χ0) is 20.4. The molecule has 0 unspecified atom stereocenters. The number of carboxylic acids is 1. The van der Waals surface area contributed by atoms with Crippen LogP contribution in [0.25, 0.3) is 21.9 Å². The van der Waals surface area contributed by atoms with Crippen molar-refractivity contribution in [1.82, 2.24) is 18.7 Å². The second kappa shape index (κ2) is 7.51. The van der Waals surface area contributed by atoms with Crippen LogP contribution in [0.1, 0.15) is 5.56 Å². The van der Waals surface area contributed by atoms with Gasteiger partial charge in [0.15, 0.2) is 11.2 Å². The highest BCUT2D eigenvalue weighted by molar-refractivity contribution is 5.88. The van der Waals surface area contributed by atoms with E-state index in [1.807, 2.05) is 42.5 Å². The number of hydrogen-bond donors (Lipinski definition) is 1. The van der Waals surface area contributed by atoms with E-state index in [4.69, 9.17) is 5.11 Å². The highest BCUT2D eigenvalue weighted by atomic mass is 16.4. The molecule has 0 fully saturated rings. The van der Waals surface area contributed by atoms with Gasteiger partial charge in [0, 0.05) is 21.1 Å². The summed E-state index contributed by atoms with van der Waals surface area (Å²) in [6.07, 6.45) is 1.60. The first kappa shape index (κ1) is 19.1. The van der Waals surface area contributed by atoms with Gasteiger partial charge in [-0.3, -0.25) is 18.7 Å². The molecule has 0 spiro atoms. The van der Waals surface area contributed by atoms with Crippen LogP contribution in [0.15, 0.2) is 58.4 Å². The van der Waals surface area contributed by atoms with Gasteiger partial charge in [-0.2, -0.15) is 0 Å². The number of aliphatic carboxylic acids is 1. The molecule has 0 radical (unpaired) electrons. The molecule has 8 nitrogen and oxygen atoms in total. The molecule has 0 aliphatic rings. The maximum absolute atomic E-state index is 11.7. The number of rotatable bonds is 2. The van der Waals surface area contributed by atoms with E-state index in [0.717, 1.165) is 20.9 Å². The summed E-state index contributed by atoms with van der Waals surface area (Å²) in [6.45, 7) is 0. The van der Waals surface area contributed by atoms with Crippen LogP contribution in [0.5, 0.6) is 0 Å². The van der Waals surface area contributed by atoms with Gasteiger partial charge in [0.2, 0.25) is 0 Å². The zero-order valence-electron chi connectivity index (χ0n) is 15.8. The molecule has 1 N–H and O–H groups in total. The fourth-order valence-corrected chi connectivity index (χ4v) is 3.08. The summed E-state index contributed by atoms with van der Waals surface area (Å²) in [4.78, 5) is 37.8. The molecule has 28 heavy (non-hydrogen) atoms. The molecule has 4 aromatic rings. The zero-order valence-corrected chi connectivity index (χ0v) is 15.8. The van der Waals surface area contributed by atoms with Gasteiger partial charge in [0.05, 0.1) is 12.7 Å². The SMILES string of the molecule is Cn1c(=O)c2c(ncn2C)n(C)c1=O.O=C(O)Cc1cccc2ccccc12.